The number of likely N-dealkylation sites (N-methyl/N-ethyl adjacent to an activating group) is 1. The number of rotatable bonds is 2. The van der Waals surface area contributed by atoms with E-state index in [0.717, 1.165) is 31.0 Å². The minimum Gasteiger partial charge on any atom is -0.349 e. The van der Waals surface area contributed by atoms with E-state index in [4.69, 9.17) is 0 Å². The summed E-state index contributed by atoms with van der Waals surface area (Å²) in [7, 11) is 0. The first-order valence-electron chi connectivity index (χ1n) is 6.57. The molecule has 2 saturated heterocycles. The number of aromatic nitrogens is 2. The highest BCUT2D eigenvalue weighted by Gasteiger charge is 2.46. The number of anilines is 1. The van der Waals surface area contributed by atoms with Crippen molar-refractivity contribution >= 4 is 11.7 Å². The SMILES string of the molecule is CCN1C(=O)C[C@@H]2[C@H]1CCN2c1ccc(C)nn1. The Balaban J connectivity index is 1.84. The van der Waals surface area contributed by atoms with Crippen molar-refractivity contribution in [1.29, 1.82) is 0 Å². The lowest BCUT2D eigenvalue weighted by Gasteiger charge is -2.24. The number of nitrogens with zero attached hydrogens (tertiary/aromatic N) is 4. The second-order valence-corrected chi connectivity index (χ2v) is 5.03. The van der Waals surface area contributed by atoms with Gasteiger partial charge in [0.1, 0.15) is 0 Å². The average molecular weight is 246 g/mol. The predicted octanol–water partition coefficient (Wildman–Crippen LogP) is 0.985. The molecule has 0 bridgehead atoms. The lowest BCUT2D eigenvalue weighted by atomic mass is 10.1. The molecule has 2 aliphatic heterocycles. The Kier molecular flexibility index (Phi) is 2.69. The van der Waals surface area contributed by atoms with Crippen LogP contribution in [0, 0.1) is 6.92 Å². The molecule has 2 aliphatic rings. The summed E-state index contributed by atoms with van der Waals surface area (Å²) in [5.41, 5.74) is 0.923. The van der Waals surface area contributed by atoms with E-state index in [1.54, 1.807) is 0 Å². The van der Waals surface area contributed by atoms with Gasteiger partial charge in [0.25, 0.3) is 0 Å². The second kappa shape index (κ2) is 4.23. The van der Waals surface area contributed by atoms with Crippen LogP contribution in [0.2, 0.25) is 0 Å². The molecule has 0 radical (unpaired) electrons. The third-order valence-corrected chi connectivity index (χ3v) is 4.03. The second-order valence-electron chi connectivity index (χ2n) is 5.03. The average Bonchev–Trinajstić information content (AvgIpc) is 2.88. The van der Waals surface area contributed by atoms with Gasteiger partial charge in [0.2, 0.25) is 5.91 Å². The number of carbonyl (C=O) groups is 1. The first-order valence-corrected chi connectivity index (χ1v) is 6.57. The van der Waals surface area contributed by atoms with Crippen LogP contribution in [-0.2, 0) is 4.79 Å². The number of carbonyl (C=O) groups excluding carboxylic acids is 1. The first-order chi connectivity index (χ1) is 8.70. The van der Waals surface area contributed by atoms with Crippen LogP contribution in [0.1, 0.15) is 25.5 Å². The number of likely N-dealkylation sites (tertiary alicyclic amines) is 1. The van der Waals surface area contributed by atoms with Crippen LogP contribution >= 0.6 is 0 Å². The summed E-state index contributed by atoms with van der Waals surface area (Å²) in [5, 5.41) is 8.35. The van der Waals surface area contributed by atoms with E-state index in [1.807, 2.05) is 24.0 Å². The molecule has 3 rings (SSSR count). The molecule has 1 aromatic rings. The number of aryl methyl sites for hydroxylation is 1. The largest absolute Gasteiger partial charge is 0.349 e. The molecule has 18 heavy (non-hydrogen) atoms. The van der Waals surface area contributed by atoms with Crippen LogP contribution in [0.15, 0.2) is 12.1 Å². The zero-order chi connectivity index (χ0) is 12.7. The molecule has 96 valence electrons. The Labute approximate surface area is 107 Å². The monoisotopic (exact) mass is 246 g/mol. The molecule has 2 fully saturated rings. The molecule has 5 heteroatoms. The molecular weight excluding hydrogens is 228 g/mol. The molecule has 1 aromatic heterocycles. The topological polar surface area (TPSA) is 49.3 Å². The van der Waals surface area contributed by atoms with Gasteiger partial charge in [-0.2, -0.15) is 5.10 Å². The summed E-state index contributed by atoms with van der Waals surface area (Å²) < 4.78 is 0. The molecule has 0 unspecified atom stereocenters. The fraction of sp³-hybridized carbons (Fsp3) is 0.615. The highest BCUT2D eigenvalue weighted by molar-refractivity contribution is 5.81. The molecule has 1 amide bonds. The summed E-state index contributed by atoms with van der Waals surface area (Å²) in [6.45, 7) is 5.76. The Bertz CT molecular complexity index is 459. The van der Waals surface area contributed by atoms with Gasteiger partial charge in [0.05, 0.1) is 17.8 Å². The minimum atomic E-state index is 0.275. The van der Waals surface area contributed by atoms with E-state index in [9.17, 15) is 4.79 Å². The smallest absolute Gasteiger partial charge is 0.225 e. The zero-order valence-electron chi connectivity index (χ0n) is 10.8. The minimum absolute atomic E-state index is 0.275. The van der Waals surface area contributed by atoms with Crippen LogP contribution in [0.5, 0.6) is 0 Å². The van der Waals surface area contributed by atoms with Gasteiger partial charge in [-0.3, -0.25) is 4.79 Å². The van der Waals surface area contributed by atoms with Crippen LogP contribution in [0.4, 0.5) is 5.82 Å². The molecule has 3 heterocycles. The normalized spacial score (nSPS) is 26.9. The fourth-order valence-electron chi connectivity index (χ4n) is 3.17. The van der Waals surface area contributed by atoms with Gasteiger partial charge in [-0.25, -0.2) is 0 Å². The molecule has 2 atom stereocenters. The van der Waals surface area contributed by atoms with E-state index in [2.05, 4.69) is 22.0 Å². The van der Waals surface area contributed by atoms with Crippen LogP contribution in [0.3, 0.4) is 0 Å². The first kappa shape index (κ1) is 11.4. The van der Waals surface area contributed by atoms with Crippen molar-refractivity contribution in [2.45, 2.75) is 38.8 Å². The molecular formula is C13H18N4O. The summed E-state index contributed by atoms with van der Waals surface area (Å²) >= 11 is 0. The van der Waals surface area contributed by atoms with Gasteiger partial charge in [0.15, 0.2) is 5.82 Å². The highest BCUT2D eigenvalue weighted by Crippen LogP contribution is 2.34. The molecule has 0 aliphatic carbocycles. The van der Waals surface area contributed by atoms with Crippen LogP contribution in [-0.4, -0.2) is 46.2 Å². The van der Waals surface area contributed by atoms with Crippen molar-refractivity contribution in [1.82, 2.24) is 15.1 Å². The lowest BCUT2D eigenvalue weighted by Crippen LogP contribution is -2.37. The van der Waals surface area contributed by atoms with E-state index < -0.39 is 0 Å². The predicted molar refractivity (Wildman–Crippen MR) is 68.3 cm³/mol. The molecule has 0 aromatic carbocycles. The van der Waals surface area contributed by atoms with E-state index in [0.29, 0.717) is 12.5 Å². The maximum Gasteiger partial charge on any atom is 0.225 e. The van der Waals surface area contributed by atoms with Gasteiger partial charge < -0.3 is 9.80 Å². The number of hydrogen-bond donors (Lipinski definition) is 0. The molecule has 0 spiro atoms. The van der Waals surface area contributed by atoms with Crippen molar-refractivity contribution < 1.29 is 4.79 Å². The standard InChI is InChI=1S/C13H18N4O/c1-3-16-10-6-7-17(11(10)8-13(16)18)12-5-4-9(2)14-15-12/h4-5,10-11H,3,6-8H2,1-2H3/t10-,11-/m1/s1. The summed E-state index contributed by atoms with van der Waals surface area (Å²) in [6.07, 6.45) is 1.66. The van der Waals surface area contributed by atoms with Crippen molar-refractivity contribution in [3.05, 3.63) is 17.8 Å². The van der Waals surface area contributed by atoms with Crippen molar-refractivity contribution in [3.8, 4) is 0 Å². The van der Waals surface area contributed by atoms with Crippen molar-refractivity contribution in [2.75, 3.05) is 18.0 Å². The number of hydrogen-bond acceptors (Lipinski definition) is 4. The number of amides is 1. The molecule has 0 saturated carbocycles. The fourth-order valence-corrected chi connectivity index (χ4v) is 3.17. The Morgan fingerprint density at radius 2 is 2.17 bits per heavy atom. The molecule has 5 nitrogen and oxygen atoms in total. The third-order valence-electron chi connectivity index (χ3n) is 4.03. The zero-order valence-corrected chi connectivity index (χ0v) is 10.8. The van der Waals surface area contributed by atoms with Gasteiger partial charge >= 0.3 is 0 Å². The summed E-state index contributed by atoms with van der Waals surface area (Å²) in [5.74, 6) is 1.18. The Morgan fingerprint density at radius 3 is 2.83 bits per heavy atom. The van der Waals surface area contributed by atoms with Gasteiger partial charge in [-0.15, -0.1) is 5.10 Å². The van der Waals surface area contributed by atoms with E-state index in [1.165, 1.54) is 0 Å². The van der Waals surface area contributed by atoms with Gasteiger partial charge in [-0.05, 0) is 32.4 Å². The third kappa shape index (κ3) is 1.65. The summed E-state index contributed by atoms with van der Waals surface area (Å²) in [4.78, 5) is 16.2. The van der Waals surface area contributed by atoms with Gasteiger partial charge in [0, 0.05) is 19.5 Å². The van der Waals surface area contributed by atoms with Gasteiger partial charge in [-0.1, -0.05) is 0 Å². The number of fused-ring (bicyclic) bond motifs is 1. The quantitative estimate of drug-likeness (QED) is 0.780. The van der Waals surface area contributed by atoms with Crippen molar-refractivity contribution in [3.63, 3.8) is 0 Å². The Hall–Kier alpha value is -1.65. The van der Waals surface area contributed by atoms with Crippen LogP contribution in [0.25, 0.3) is 0 Å². The molecule has 0 N–H and O–H groups in total. The highest BCUT2D eigenvalue weighted by atomic mass is 16.2. The summed E-state index contributed by atoms with van der Waals surface area (Å²) in [6, 6.07) is 4.63. The Morgan fingerprint density at radius 1 is 1.33 bits per heavy atom. The maximum atomic E-state index is 11.9. The van der Waals surface area contributed by atoms with Crippen molar-refractivity contribution in [2.24, 2.45) is 0 Å². The van der Waals surface area contributed by atoms with Crippen LogP contribution < -0.4 is 4.90 Å². The van der Waals surface area contributed by atoms with E-state index in [-0.39, 0.29) is 11.9 Å². The maximum absolute atomic E-state index is 11.9. The lowest BCUT2D eigenvalue weighted by molar-refractivity contribution is -0.128. The van der Waals surface area contributed by atoms with E-state index >= 15 is 0 Å².